The lowest BCUT2D eigenvalue weighted by atomic mass is 9.85. The van der Waals surface area contributed by atoms with Gasteiger partial charge in [-0.3, -0.25) is 4.79 Å². The summed E-state index contributed by atoms with van der Waals surface area (Å²) in [5.74, 6) is 2.57. The molecule has 2 aliphatic carbocycles. The zero-order valence-corrected chi connectivity index (χ0v) is 15.0. The smallest absolute Gasteiger partial charge is 0.223 e. The number of nitrogens with one attached hydrogen (secondary N) is 1. The monoisotopic (exact) mass is 342 g/mol. The van der Waals surface area contributed by atoms with E-state index >= 15 is 0 Å². The Morgan fingerprint density at radius 2 is 1.74 bits per heavy atom. The molecule has 0 radical (unpaired) electrons. The third-order valence-electron chi connectivity index (χ3n) is 6.06. The fraction of sp³-hybridized carbons (Fsp3) is 0.941. The molecule has 5 nitrogen and oxygen atoms in total. The molecule has 6 heteroatoms. The zero-order chi connectivity index (χ0) is 16.4. The summed E-state index contributed by atoms with van der Waals surface area (Å²) in [6.45, 7) is 1.78. The molecular weight excluding hydrogens is 312 g/mol. The van der Waals surface area contributed by atoms with Crippen molar-refractivity contribution >= 4 is 15.9 Å². The first-order valence-corrected chi connectivity index (χ1v) is 11.0. The highest BCUT2D eigenvalue weighted by Gasteiger charge is 2.43. The number of sulfonamides is 1. The highest BCUT2D eigenvalue weighted by Crippen LogP contribution is 2.48. The van der Waals surface area contributed by atoms with Crippen LogP contribution in [0.15, 0.2) is 0 Å². The third-order valence-corrected chi connectivity index (χ3v) is 7.37. The largest absolute Gasteiger partial charge is 0.356 e. The molecule has 1 aliphatic heterocycles. The van der Waals surface area contributed by atoms with Crippen LogP contribution in [0.5, 0.6) is 0 Å². The van der Waals surface area contributed by atoms with Crippen molar-refractivity contribution < 1.29 is 13.2 Å². The Labute approximate surface area is 140 Å². The predicted molar refractivity (Wildman–Crippen MR) is 90.3 cm³/mol. The predicted octanol–water partition coefficient (Wildman–Crippen LogP) is 1.99. The normalized spacial score (nSPS) is 31.0. The summed E-state index contributed by atoms with van der Waals surface area (Å²) in [5, 5.41) is 3.13. The fourth-order valence-corrected chi connectivity index (χ4v) is 5.35. The second-order valence-corrected chi connectivity index (χ2v) is 9.72. The highest BCUT2D eigenvalue weighted by molar-refractivity contribution is 7.88. The number of hydrogen-bond acceptors (Lipinski definition) is 3. The molecule has 1 amide bonds. The molecule has 3 aliphatic rings. The summed E-state index contributed by atoms with van der Waals surface area (Å²) in [6.07, 6.45) is 10.8. The maximum absolute atomic E-state index is 12.3. The van der Waals surface area contributed by atoms with Gasteiger partial charge in [0.05, 0.1) is 6.26 Å². The maximum atomic E-state index is 12.3. The Balaban J connectivity index is 1.36. The number of amides is 1. The van der Waals surface area contributed by atoms with Gasteiger partial charge in [-0.05, 0) is 37.0 Å². The Morgan fingerprint density at radius 3 is 2.35 bits per heavy atom. The van der Waals surface area contributed by atoms with Crippen molar-refractivity contribution in [1.29, 1.82) is 0 Å². The van der Waals surface area contributed by atoms with Gasteiger partial charge in [-0.2, -0.15) is 0 Å². The molecule has 1 heterocycles. The Morgan fingerprint density at radius 1 is 1.09 bits per heavy atom. The van der Waals surface area contributed by atoms with E-state index in [0.29, 0.717) is 31.8 Å². The number of nitrogens with zero attached hydrogens (tertiary/aromatic N) is 1. The minimum atomic E-state index is -3.11. The second kappa shape index (κ2) is 7.09. The Bertz CT molecular complexity index is 520. The molecule has 0 aromatic carbocycles. The molecule has 0 aromatic rings. The number of carbonyl (C=O) groups is 1. The van der Waals surface area contributed by atoms with Crippen LogP contribution in [-0.4, -0.2) is 44.5 Å². The van der Waals surface area contributed by atoms with Crippen LogP contribution in [0.1, 0.15) is 51.4 Å². The fourth-order valence-electron chi connectivity index (χ4n) is 4.47. The van der Waals surface area contributed by atoms with Crippen LogP contribution < -0.4 is 5.32 Å². The van der Waals surface area contributed by atoms with Crippen LogP contribution in [-0.2, 0) is 14.8 Å². The first kappa shape index (κ1) is 17.2. The number of carbonyl (C=O) groups excluding carboxylic acids is 1. The molecule has 0 unspecified atom stereocenters. The van der Waals surface area contributed by atoms with Crippen molar-refractivity contribution in [2.24, 2.45) is 23.7 Å². The van der Waals surface area contributed by atoms with Crippen LogP contribution >= 0.6 is 0 Å². The lowest BCUT2D eigenvalue weighted by Gasteiger charge is -2.29. The average molecular weight is 343 g/mol. The van der Waals surface area contributed by atoms with Crippen LogP contribution in [0, 0.1) is 23.7 Å². The lowest BCUT2D eigenvalue weighted by Crippen LogP contribution is -2.43. The van der Waals surface area contributed by atoms with E-state index in [1.54, 1.807) is 0 Å². The summed E-state index contributed by atoms with van der Waals surface area (Å²) >= 11 is 0. The van der Waals surface area contributed by atoms with E-state index in [1.807, 2.05) is 0 Å². The van der Waals surface area contributed by atoms with Gasteiger partial charge in [0, 0.05) is 25.6 Å². The SMILES string of the molecule is CS(=O)(=O)N1CCC(C(=O)NC[C@H]2C[C@H]2C2CCCCC2)CC1. The van der Waals surface area contributed by atoms with Gasteiger partial charge in [0.1, 0.15) is 0 Å². The highest BCUT2D eigenvalue weighted by atomic mass is 32.2. The van der Waals surface area contributed by atoms with Crippen molar-refractivity contribution in [3.8, 4) is 0 Å². The Hall–Kier alpha value is -0.620. The van der Waals surface area contributed by atoms with E-state index in [4.69, 9.17) is 0 Å². The molecule has 1 saturated heterocycles. The molecule has 132 valence electrons. The van der Waals surface area contributed by atoms with E-state index in [9.17, 15) is 13.2 Å². The lowest BCUT2D eigenvalue weighted by molar-refractivity contribution is -0.126. The van der Waals surface area contributed by atoms with Gasteiger partial charge in [-0.1, -0.05) is 32.1 Å². The van der Waals surface area contributed by atoms with E-state index in [0.717, 1.165) is 18.4 Å². The van der Waals surface area contributed by atoms with Gasteiger partial charge in [-0.25, -0.2) is 12.7 Å². The van der Waals surface area contributed by atoms with Crippen LogP contribution in [0.2, 0.25) is 0 Å². The maximum Gasteiger partial charge on any atom is 0.223 e. The topological polar surface area (TPSA) is 66.5 Å². The first-order valence-electron chi connectivity index (χ1n) is 9.18. The van der Waals surface area contributed by atoms with Gasteiger partial charge in [-0.15, -0.1) is 0 Å². The van der Waals surface area contributed by atoms with E-state index in [2.05, 4.69) is 5.32 Å². The molecule has 0 spiro atoms. The van der Waals surface area contributed by atoms with Gasteiger partial charge in [0.2, 0.25) is 15.9 Å². The molecule has 23 heavy (non-hydrogen) atoms. The zero-order valence-electron chi connectivity index (χ0n) is 14.2. The number of hydrogen-bond donors (Lipinski definition) is 1. The minimum absolute atomic E-state index is 0.0140. The first-order chi connectivity index (χ1) is 10.9. The molecule has 1 N–H and O–H groups in total. The van der Waals surface area contributed by atoms with E-state index in [1.165, 1.54) is 49.1 Å². The van der Waals surface area contributed by atoms with Crippen LogP contribution in [0.3, 0.4) is 0 Å². The van der Waals surface area contributed by atoms with Crippen molar-refractivity contribution in [2.75, 3.05) is 25.9 Å². The summed E-state index contributed by atoms with van der Waals surface area (Å²) < 4.78 is 24.5. The molecule has 0 aromatic heterocycles. The minimum Gasteiger partial charge on any atom is -0.356 e. The van der Waals surface area contributed by atoms with Crippen molar-refractivity contribution in [2.45, 2.75) is 51.4 Å². The van der Waals surface area contributed by atoms with Gasteiger partial charge in [0.25, 0.3) is 0 Å². The summed E-state index contributed by atoms with van der Waals surface area (Å²) in [4.78, 5) is 12.3. The molecule has 2 atom stereocenters. The van der Waals surface area contributed by atoms with Crippen molar-refractivity contribution in [3.05, 3.63) is 0 Å². The summed E-state index contributed by atoms with van der Waals surface area (Å²) in [5.41, 5.74) is 0. The number of piperidine rings is 1. The molecular formula is C17H30N2O3S. The molecule has 3 rings (SSSR count). The van der Waals surface area contributed by atoms with Gasteiger partial charge < -0.3 is 5.32 Å². The third kappa shape index (κ3) is 4.47. The Kier molecular flexibility index (Phi) is 5.31. The molecule has 0 bridgehead atoms. The van der Waals surface area contributed by atoms with Gasteiger partial charge >= 0.3 is 0 Å². The van der Waals surface area contributed by atoms with Crippen LogP contribution in [0.25, 0.3) is 0 Å². The van der Waals surface area contributed by atoms with E-state index < -0.39 is 10.0 Å². The van der Waals surface area contributed by atoms with E-state index in [-0.39, 0.29) is 11.8 Å². The summed E-state index contributed by atoms with van der Waals surface area (Å²) in [7, 11) is -3.11. The quantitative estimate of drug-likeness (QED) is 0.831. The molecule has 3 fully saturated rings. The van der Waals surface area contributed by atoms with Crippen LogP contribution in [0.4, 0.5) is 0 Å². The van der Waals surface area contributed by atoms with Crippen molar-refractivity contribution in [1.82, 2.24) is 9.62 Å². The van der Waals surface area contributed by atoms with Crippen molar-refractivity contribution in [3.63, 3.8) is 0 Å². The standard InChI is InChI=1S/C17H30N2O3S/c1-23(21,22)19-9-7-14(8-10-19)17(20)18-12-15-11-16(15)13-5-3-2-4-6-13/h13-16H,2-12H2,1H3,(H,18,20)/t15-,16+/m1/s1. The van der Waals surface area contributed by atoms with Gasteiger partial charge in [0.15, 0.2) is 0 Å². The second-order valence-electron chi connectivity index (χ2n) is 7.74. The average Bonchev–Trinajstić information content (AvgIpc) is 3.32. The number of rotatable bonds is 5. The summed E-state index contributed by atoms with van der Waals surface area (Å²) in [6, 6.07) is 0. The molecule has 2 saturated carbocycles.